The highest BCUT2D eigenvalue weighted by molar-refractivity contribution is 8.02. The second-order valence-electron chi connectivity index (χ2n) is 10.0. The quantitative estimate of drug-likeness (QED) is 0.222. The minimum atomic E-state index is -0.871. The summed E-state index contributed by atoms with van der Waals surface area (Å²) in [4.78, 5) is 24.9. The average molecular weight is 579 g/mol. The van der Waals surface area contributed by atoms with E-state index in [1.54, 1.807) is 7.11 Å². The lowest BCUT2D eigenvalue weighted by molar-refractivity contribution is -0.268. The van der Waals surface area contributed by atoms with Gasteiger partial charge in [0.2, 0.25) is 0 Å². The van der Waals surface area contributed by atoms with Crippen molar-refractivity contribution in [1.29, 1.82) is 0 Å². The van der Waals surface area contributed by atoms with E-state index in [4.69, 9.17) is 23.7 Å². The van der Waals surface area contributed by atoms with Gasteiger partial charge in [0, 0.05) is 7.11 Å². The maximum absolute atomic E-state index is 12.5. The standard InChI is InChI=1S/C33H38O7S/c1-23(34)31(24(2)35)41-32-30(39-21-27-17-11-6-12-18-27)29(38-20-26-15-9-5-10-16-26)28(40-33(32)36-3)22-37-19-25-13-7-4-8-14-25/h4-18,28-33H,19-22H2,1-3H3/t28-,29-,30+,32+,33+/m1/s1. The van der Waals surface area contributed by atoms with Crippen LogP contribution in [0.2, 0.25) is 0 Å². The smallest absolute Gasteiger partial charge is 0.172 e. The summed E-state index contributed by atoms with van der Waals surface area (Å²) in [5.41, 5.74) is 3.04. The van der Waals surface area contributed by atoms with Gasteiger partial charge in [-0.2, -0.15) is 0 Å². The number of ketones is 2. The zero-order valence-corrected chi connectivity index (χ0v) is 24.5. The van der Waals surface area contributed by atoms with Gasteiger partial charge in [0.25, 0.3) is 0 Å². The molecule has 1 saturated heterocycles. The van der Waals surface area contributed by atoms with Crippen molar-refractivity contribution >= 4 is 23.3 Å². The van der Waals surface area contributed by atoms with E-state index in [1.165, 1.54) is 25.6 Å². The molecule has 0 radical (unpaired) electrons. The molecule has 0 aliphatic carbocycles. The monoisotopic (exact) mass is 578 g/mol. The molecule has 7 nitrogen and oxygen atoms in total. The van der Waals surface area contributed by atoms with E-state index < -0.39 is 35.1 Å². The average Bonchev–Trinajstić information content (AvgIpc) is 2.99. The van der Waals surface area contributed by atoms with Crippen LogP contribution in [0.5, 0.6) is 0 Å². The Bertz CT molecular complexity index is 1190. The minimum absolute atomic E-state index is 0.228. The van der Waals surface area contributed by atoms with Gasteiger partial charge in [-0.05, 0) is 30.5 Å². The minimum Gasteiger partial charge on any atom is -0.374 e. The van der Waals surface area contributed by atoms with Gasteiger partial charge in [-0.15, -0.1) is 11.8 Å². The maximum atomic E-state index is 12.5. The SMILES string of the molecule is CO[C@H]1O[C@H](COCc2ccccc2)[C@@H](OCc2ccccc2)[C@H](OCc2ccccc2)[C@@H]1SC(C(C)=O)C(C)=O. The van der Waals surface area contributed by atoms with E-state index in [1.807, 2.05) is 91.0 Å². The Labute approximate surface area is 246 Å². The molecule has 1 fully saturated rings. The molecule has 218 valence electrons. The predicted octanol–water partition coefficient (Wildman–Crippen LogP) is 5.39. The molecule has 0 N–H and O–H groups in total. The number of rotatable bonds is 15. The van der Waals surface area contributed by atoms with Crippen LogP contribution in [0.4, 0.5) is 0 Å². The normalized spacial score (nSPS) is 22.5. The fourth-order valence-electron chi connectivity index (χ4n) is 4.77. The molecular formula is C33H38O7S. The summed E-state index contributed by atoms with van der Waals surface area (Å²) < 4.78 is 31.5. The molecule has 0 aromatic heterocycles. The molecule has 8 heteroatoms. The molecule has 1 heterocycles. The van der Waals surface area contributed by atoms with Crippen LogP contribution in [0, 0.1) is 0 Å². The second kappa shape index (κ2) is 16.0. The molecular weight excluding hydrogens is 540 g/mol. The van der Waals surface area contributed by atoms with E-state index in [2.05, 4.69) is 0 Å². The molecule has 1 aliphatic heterocycles. The highest BCUT2D eigenvalue weighted by Crippen LogP contribution is 2.37. The number of methoxy groups -OCH3 is 1. The number of hydrogen-bond donors (Lipinski definition) is 0. The van der Waals surface area contributed by atoms with Gasteiger partial charge in [-0.25, -0.2) is 0 Å². The molecule has 3 aromatic rings. The van der Waals surface area contributed by atoms with E-state index in [9.17, 15) is 9.59 Å². The van der Waals surface area contributed by atoms with Gasteiger partial charge in [-0.3, -0.25) is 9.59 Å². The number of carbonyl (C=O) groups excluding carboxylic acids is 2. The van der Waals surface area contributed by atoms with E-state index >= 15 is 0 Å². The van der Waals surface area contributed by atoms with E-state index in [0.717, 1.165) is 16.7 Å². The van der Waals surface area contributed by atoms with Gasteiger partial charge >= 0.3 is 0 Å². The Morgan fingerprint density at radius 2 is 1.20 bits per heavy atom. The van der Waals surface area contributed by atoms with Crippen molar-refractivity contribution in [2.24, 2.45) is 0 Å². The van der Waals surface area contributed by atoms with Crippen LogP contribution in [-0.4, -0.2) is 60.4 Å². The van der Waals surface area contributed by atoms with Crippen molar-refractivity contribution < 1.29 is 33.3 Å². The summed E-state index contributed by atoms with van der Waals surface area (Å²) in [5, 5.41) is -1.39. The van der Waals surface area contributed by atoms with Crippen molar-refractivity contribution in [3.63, 3.8) is 0 Å². The first-order valence-corrected chi connectivity index (χ1v) is 14.7. The third-order valence-electron chi connectivity index (χ3n) is 6.82. The topological polar surface area (TPSA) is 80.3 Å². The highest BCUT2D eigenvalue weighted by atomic mass is 32.2. The van der Waals surface area contributed by atoms with Crippen LogP contribution in [0.15, 0.2) is 91.0 Å². The van der Waals surface area contributed by atoms with E-state index in [-0.39, 0.29) is 18.2 Å². The van der Waals surface area contributed by atoms with E-state index in [0.29, 0.717) is 19.8 Å². The zero-order chi connectivity index (χ0) is 29.0. The van der Waals surface area contributed by atoms with Crippen LogP contribution in [0.1, 0.15) is 30.5 Å². The van der Waals surface area contributed by atoms with Crippen LogP contribution in [-0.2, 0) is 53.1 Å². The Hall–Kier alpha value is -2.85. The molecule has 4 rings (SSSR count). The Balaban J connectivity index is 1.62. The molecule has 5 atom stereocenters. The lowest BCUT2D eigenvalue weighted by atomic mass is 10.00. The van der Waals surface area contributed by atoms with Gasteiger partial charge in [0.15, 0.2) is 6.29 Å². The fraction of sp³-hybridized carbons (Fsp3) is 0.394. The van der Waals surface area contributed by atoms with Crippen LogP contribution < -0.4 is 0 Å². The summed E-state index contributed by atoms with van der Waals surface area (Å²) in [7, 11) is 1.55. The number of Topliss-reactive ketones (excluding diaryl/α,β-unsaturated/α-hetero) is 2. The summed E-state index contributed by atoms with van der Waals surface area (Å²) in [6.45, 7) is 4.13. The summed E-state index contributed by atoms with van der Waals surface area (Å²) >= 11 is 1.21. The van der Waals surface area contributed by atoms with Gasteiger partial charge in [-0.1, -0.05) is 91.0 Å². The van der Waals surface area contributed by atoms with Crippen LogP contribution >= 0.6 is 11.8 Å². The molecule has 3 aromatic carbocycles. The van der Waals surface area contributed by atoms with Gasteiger partial charge < -0.3 is 23.7 Å². The van der Waals surface area contributed by atoms with Crippen molar-refractivity contribution in [3.05, 3.63) is 108 Å². The number of thioether (sulfide) groups is 1. The van der Waals surface area contributed by atoms with Crippen LogP contribution in [0.25, 0.3) is 0 Å². The molecule has 0 unspecified atom stereocenters. The van der Waals surface area contributed by atoms with Crippen molar-refractivity contribution in [2.45, 2.75) is 68.8 Å². The molecule has 0 spiro atoms. The lowest BCUT2D eigenvalue weighted by Crippen LogP contribution is -2.60. The number of carbonyl (C=O) groups is 2. The summed E-state index contributed by atoms with van der Waals surface area (Å²) in [5.74, 6) is -0.455. The number of hydrogen-bond acceptors (Lipinski definition) is 8. The predicted molar refractivity (Wildman–Crippen MR) is 158 cm³/mol. The van der Waals surface area contributed by atoms with Gasteiger partial charge in [0.1, 0.15) is 35.1 Å². The van der Waals surface area contributed by atoms with Crippen molar-refractivity contribution in [1.82, 2.24) is 0 Å². The second-order valence-corrected chi connectivity index (χ2v) is 11.3. The Kier molecular flexibility index (Phi) is 12.1. The first-order valence-electron chi connectivity index (χ1n) is 13.7. The molecule has 1 aliphatic rings. The third-order valence-corrected chi connectivity index (χ3v) is 8.56. The Morgan fingerprint density at radius 1 is 0.732 bits per heavy atom. The number of ether oxygens (including phenoxy) is 5. The molecule has 41 heavy (non-hydrogen) atoms. The summed E-state index contributed by atoms with van der Waals surface area (Å²) in [6.07, 6.45) is -2.44. The molecule has 0 saturated carbocycles. The third kappa shape index (κ3) is 9.07. The van der Waals surface area contributed by atoms with Crippen LogP contribution in [0.3, 0.4) is 0 Å². The highest BCUT2D eigenvalue weighted by Gasteiger charge is 2.49. The molecule has 0 amide bonds. The first-order chi connectivity index (χ1) is 20.0. The number of benzene rings is 3. The lowest BCUT2D eigenvalue weighted by Gasteiger charge is -2.46. The molecule has 0 bridgehead atoms. The van der Waals surface area contributed by atoms with Crippen molar-refractivity contribution in [3.8, 4) is 0 Å². The Morgan fingerprint density at radius 3 is 1.66 bits per heavy atom. The van der Waals surface area contributed by atoms with Crippen molar-refractivity contribution in [2.75, 3.05) is 13.7 Å². The summed E-state index contributed by atoms with van der Waals surface area (Å²) in [6, 6.07) is 29.6. The maximum Gasteiger partial charge on any atom is 0.172 e. The fourth-order valence-corrected chi connectivity index (χ4v) is 6.16. The largest absolute Gasteiger partial charge is 0.374 e. The van der Waals surface area contributed by atoms with Gasteiger partial charge in [0.05, 0.1) is 31.7 Å². The first kappa shape index (κ1) is 31.1. The zero-order valence-electron chi connectivity index (χ0n) is 23.7.